The van der Waals surface area contributed by atoms with Crippen LogP contribution in [0.15, 0.2) is 24.3 Å². The Morgan fingerprint density at radius 3 is 2.67 bits per heavy atom. The fourth-order valence-electron chi connectivity index (χ4n) is 2.38. The first-order valence-corrected chi connectivity index (χ1v) is 6.89. The molecule has 0 aliphatic carbocycles. The minimum Gasteiger partial charge on any atom is -0.368 e. The van der Waals surface area contributed by atoms with Gasteiger partial charge in [-0.3, -0.25) is 0 Å². The van der Waals surface area contributed by atoms with E-state index in [0.29, 0.717) is 17.6 Å². The summed E-state index contributed by atoms with van der Waals surface area (Å²) >= 11 is 0. The molecule has 1 aromatic carbocycles. The van der Waals surface area contributed by atoms with Crippen LogP contribution in [0, 0.1) is 5.82 Å². The smallest absolute Gasteiger partial charge is 0.236 e. The minimum atomic E-state index is -0.304. The van der Waals surface area contributed by atoms with Crippen molar-refractivity contribution >= 4 is 23.5 Å². The molecule has 2 N–H and O–H groups in total. The zero-order valence-corrected chi connectivity index (χ0v) is 11.8. The molecule has 3 rings (SSSR count). The zero-order chi connectivity index (χ0) is 14.8. The largest absolute Gasteiger partial charge is 0.368 e. The maximum absolute atomic E-state index is 13.3. The van der Waals surface area contributed by atoms with Gasteiger partial charge in [-0.05, 0) is 31.0 Å². The fourth-order valence-corrected chi connectivity index (χ4v) is 2.38. The monoisotopic (exact) mass is 288 g/mol. The van der Waals surface area contributed by atoms with Gasteiger partial charge in [0.15, 0.2) is 0 Å². The summed E-state index contributed by atoms with van der Waals surface area (Å²) in [5, 5.41) is 0. The predicted molar refractivity (Wildman–Crippen MR) is 80.1 cm³/mol. The topological polar surface area (TPSA) is 71.2 Å². The highest BCUT2D eigenvalue weighted by atomic mass is 19.1. The van der Waals surface area contributed by atoms with Crippen molar-refractivity contribution in [2.24, 2.45) is 0 Å². The van der Waals surface area contributed by atoms with E-state index in [9.17, 15) is 4.39 Å². The number of hydrogen-bond acceptors (Lipinski definition) is 6. The number of aromatic nitrogens is 3. The van der Waals surface area contributed by atoms with Crippen molar-refractivity contribution in [1.29, 1.82) is 0 Å². The number of nitrogens with zero attached hydrogens (tertiary/aromatic N) is 5. The van der Waals surface area contributed by atoms with E-state index in [2.05, 4.69) is 19.9 Å². The molecule has 1 saturated heterocycles. The molecule has 1 aliphatic heterocycles. The van der Waals surface area contributed by atoms with Crippen molar-refractivity contribution in [2.75, 3.05) is 35.7 Å². The van der Waals surface area contributed by atoms with E-state index >= 15 is 0 Å². The summed E-state index contributed by atoms with van der Waals surface area (Å²) < 4.78 is 13.3. The molecular formula is C14H17FN6. The zero-order valence-electron chi connectivity index (χ0n) is 11.8. The molecule has 2 heterocycles. The van der Waals surface area contributed by atoms with Crippen molar-refractivity contribution in [1.82, 2.24) is 15.0 Å². The van der Waals surface area contributed by atoms with E-state index < -0.39 is 0 Å². The van der Waals surface area contributed by atoms with Crippen molar-refractivity contribution in [2.45, 2.75) is 12.8 Å². The van der Waals surface area contributed by atoms with Gasteiger partial charge in [-0.1, -0.05) is 6.07 Å². The Hall–Kier alpha value is -2.44. The van der Waals surface area contributed by atoms with Gasteiger partial charge in [0.05, 0.1) is 0 Å². The lowest BCUT2D eigenvalue weighted by molar-refractivity contribution is 0.628. The lowest BCUT2D eigenvalue weighted by atomic mass is 10.3. The van der Waals surface area contributed by atoms with Gasteiger partial charge in [-0.25, -0.2) is 4.39 Å². The maximum Gasteiger partial charge on any atom is 0.236 e. The van der Waals surface area contributed by atoms with Gasteiger partial charge in [0.1, 0.15) is 5.82 Å². The molecule has 1 fully saturated rings. The van der Waals surface area contributed by atoms with Crippen LogP contribution in [0.5, 0.6) is 0 Å². The lowest BCUT2D eigenvalue weighted by Gasteiger charge is -2.20. The second-order valence-corrected chi connectivity index (χ2v) is 5.03. The molecule has 0 bridgehead atoms. The highest BCUT2D eigenvalue weighted by Crippen LogP contribution is 2.24. The van der Waals surface area contributed by atoms with E-state index in [1.165, 1.54) is 12.1 Å². The molecule has 110 valence electrons. The Morgan fingerprint density at radius 1 is 1.19 bits per heavy atom. The lowest BCUT2D eigenvalue weighted by Crippen LogP contribution is -2.23. The third-order valence-corrected chi connectivity index (χ3v) is 3.51. The number of rotatable bonds is 3. The highest BCUT2D eigenvalue weighted by molar-refractivity contribution is 5.58. The fraction of sp³-hybridized carbons (Fsp3) is 0.357. The summed E-state index contributed by atoms with van der Waals surface area (Å²) in [5.74, 6) is 0.861. The predicted octanol–water partition coefficient (Wildman–Crippen LogP) is 1.96. The third kappa shape index (κ3) is 2.86. The number of benzene rings is 1. The molecule has 0 amide bonds. The van der Waals surface area contributed by atoms with E-state index in [0.717, 1.165) is 25.9 Å². The average Bonchev–Trinajstić information content (AvgIpc) is 3.00. The first-order chi connectivity index (χ1) is 10.1. The standard InChI is InChI=1S/C14H17FN6/c1-20(11-6-4-5-10(15)9-11)13-17-12(16)18-14(19-13)21-7-2-3-8-21/h4-6,9H,2-3,7-8H2,1H3,(H2,16,17,18,19). The van der Waals surface area contributed by atoms with Crippen LogP contribution < -0.4 is 15.5 Å². The molecule has 7 heteroatoms. The Kier molecular flexibility index (Phi) is 3.55. The Morgan fingerprint density at radius 2 is 1.95 bits per heavy atom. The quantitative estimate of drug-likeness (QED) is 0.931. The number of hydrogen-bond donors (Lipinski definition) is 1. The first-order valence-electron chi connectivity index (χ1n) is 6.89. The Bertz CT molecular complexity index is 641. The van der Waals surface area contributed by atoms with Crippen LogP contribution in [0.25, 0.3) is 0 Å². The molecule has 0 atom stereocenters. The van der Waals surface area contributed by atoms with Crippen LogP contribution in [-0.4, -0.2) is 35.1 Å². The molecule has 1 aromatic heterocycles. The van der Waals surface area contributed by atoms with Crippen molar-refractivity contribution in [3.8, 4) is 0 Å². The summed E-state index contributed by atoms with van der Waals surface area (Å²) in [5.41, 5.74) is 6.44. The number of anilines is 4. The first kappa shape index (κ1) is 13.5. The van der Waals surface area contributed by atoms with Gasteiger partial charge in [0.2, 0.25) is 17.8 Å². The van der Waals surface area contributed by atoms with Gasteiger partial charge >= 0.3 is 0 Å². The van der Waals surface area contributed by atoms with Gasteiger partial charge in [-0.15, -0.1) is 0 Å². The molecule has 2 aromatic rings. The summed E-state index contributed by atoms with van der Waals surface area (Å²) in [6.45, 7) is 1.85. The second kappa shape index (κ2) is 5.51. The van der Waals surface area contributed by atoms with Crippen molar-refractivity contribution in [3.05, 3.63) is 30.1 Å². The van der Waals surface area contributed by atoms with E-state index in [-0.39, 0.29) is 11.8 Å². The highest BCUT2D eigenvalue weighted by Gasteiger charge is 2.18. The van der Waals surface area contributed by atoms with Crippen molar-refractivity contribution in [3.63, 3.8) is 0 Å². The number of halogens is 1. The molecule has 21 heavy (non-hydrogen) atoms. The molecule has 0 unspecified atom stereocenters. The maximum atomic E-state index is 13.3. The molecule has 0 spiro atoms. The van der Waals surface area contributed by atoms with Crippen LogP contribution in [0.4, 0.5) is 27.9 Å². The van der Waals surface area contributed by atoms with Gasteiger partial charge in [0.25, 0.3) is 0 Å². The second-order valence-electron chi connectivity index (χ2n) is 5.03. The SMILES string of the molecule is CN(c1cccc(F)c1)c1nc(N)nc(N2CCCC2)n1. The van der Waals surface area contributed by atoms with E-state index in [4.69, 9.17) is 5.73 Å². The van der Waals surface area contributed by atoms with Crippen LogP contribution >= 0.6 is 0 Å². The average molecular weight is 288 g/mol. The number of nitrogens with two attached hydrogens (primary N) is 1. The van der Waals surface area contributed by atoms with E-state index in [1.54, 1.807) is 24.1 Å². The number of nitrogen functional groups attached to an aromatic ring is 1. The van der Waals surface area contributed by atoms with Gasteiger partial charge < -0.3 is 15.5 Å². The normalized spacial score (nSPS) is 14.5. The molecule has 0 radical (unpaired) electrons. The summed E-state index contributed by atoms with van der Waals surface area (Å²) in [6, 6.07) is 6.26. The Balaban J connectivity index is 1.94. The summed E-state index contributed by atoms with van der Waals surface area (Å²) in [4.78, 5) is 16.6. The Labute approximate surface area is 122 Å². The van der Waals surface area contributed by atoms with Crippen LogP contribution in [0.3, 0.4) is 0 Å². The summed E-state index contributed by atoms with van der Waals surface area (Å²) in [6.07, 6.45) is 2.25. The van der Waals surface area contributed by atoms with Gasteiger partial charge in [-0.2, -0.15) is 15.0 Å². The molecule has 1 aliphatic rings. The minimum absolute atomic E-state index is 0.171. The van der Waals surface area contributed by atoms with E-state index in [1.807, 2.05) is 0 Å². The van der Waals surface area contributed by atoms with Crippen molar-refractivity contribution < 1.29 is 4.39 Å². The van der Waals surface area contributed by atoms with Gasteiger partial charge in [0, 0.05) is 25.8 Å². The molecule has 6 nitrogen and oxygen atoms in total. The van der Waals surface area contributed by atoms with Crippen LogP contribution in [0.2, 0.25) is 0 Å². The molecule has 0 saturated carbocycles. The molecular weight excluding hydrogens is 271 g/mol. The van der Waals surface area contributed by atoms with Crippen LogP contribution in [0.1, 0.15) is 12.8 Å². The van der Waals surface area contributed by atoms with Crippen LogP contribution in [-0.2, 0) is 0 Å². The third-order valence-electron chi connectivity index (χ3n) is 3.51. The summed E-state index contributed by atoms with van der Waals surface area (Å²) in [7, 11) is 1.78.